The van der Waals surface area contributed by atoms with Gasteiger partial charge >= 0.3 is 0 Å². The topological polar surface area (TPSA) is 94.6 Å². The first kappa shape index (κ1) is 25.9. The van der Waals surface area contributed by atoms with E-state index in [1.165, 1.54) is 24.0 Å². The minimum atomic E-state index is -0.0332. The van der Waals surface area contributed by atoms with Crippen LogP contribution in [-0.4, -0.2) is 70.3 Å². The summed E-state index contributed by atoms with van der Waals surface area (Å²) in [5, 5.41) is 10.1. The van der Waals surface area contributed by atoms with Gasteiger partial charge in [0.1, 0.15) is 24.3 Å². The number of nitrogens with one attached hydrogen (secondary N) is 1. The molecule has 8 heteroatoms. The molecule has 2 aliphatic heterocycles. The van der Waals surface area contributed by atoms with Gasteiger partial charge in [-0.05, 0) is 79.5 Å². The summed E-state index contributed by atoms with van der Waals surface area (Å²) in [6.07, 6.45) is 8.05. The van der Waals surface area contributed by atoms with Crippen LogP contribution in [0.25, 0.3) is 27.9 Å². The number of hydrogen-bond donors (Lipinski definition) is 2. The highest BCUT2D eigenvalue weighted by atomic mass is 16.5. The molecule has 2 aromatic carbocycles. The Kier molecular flexibility index (Phi) is 6.80. The number of benzene rings is 2. The molecule has 210 valence electrons. The predicted molar refractivity (Wildman–Crippen MR) is 160 cm³/mol. The quantitative estimate of drug-likeness (QED) is 0.324. The fraction of sp³-hybridized carbons (Fsp3) is 0.364. The van der Waals surface area contributed by atoms with E-state index >= 15 is 0 Å². The zero-order chi connectivity index (χ0) is 27.9. The molecular weight excluding hydrogens is 514 g/mol. The lowest BCUT2D eigenvalue weighted by atomic mass is 9.99. The van der Waals surface area contributed by atoms with E-state index in [2.05, 4.69) is 52.1 Å². The highest BCUT2D eigenvalue weighted by Crippen LogP contribution is 2.42. The van der Waals surface area contributed by atoms with Gasteiger partial charge in [-0.1, -0.05) is 24.3 Å². The fourth-order valence-electron chi connectivity index (χ4n) is 6.18. The largest absolute Gasteiger partial charge is 0.491 e. The molecule has 2 aromatic heterocycles. The number of anilines is 1. The van der Waals surface area contributed by atoms with Crippen LogP contribution in [0.2, 0.25) is 0 Å². The predicted octanol–water partition coefficient (Wildman–Crippen LogP) is 5.32. The standard InChI is InChI=1S/C33H35N5O3/c1-21-25(31-27-19-28(36-32(27)35-20-34-31)23-10-13-37(14-11-23)12-3-16-39)4-2-5-29(21)38-15-17-41-30-18-24(22-6-7-22)8-9-26(30)33(38)40/h2,4-5,8-10,18-20,22,39H,3,6-7,11-17H2,1H3,(H,34,35,36). The Labute approximate surface area is 239 Å². The number of ether oxygens (including phenoxy) is 1. The van der Waals surface area contributed by atoms with Crippen LogP contribution in [0.4, 0.5) is 5.69 Å². The fourth-order valence-corrected chi connectivity index (χ4v) is 6.18. The Hall–Kier alpha value is -4.01. The maximum Gasteiger partial charge on any atom is 0.262 e. The summed E-state index contributed by atoms with van der Waals surface area (Å²) in [5.41, 5.74) is 8.74. The molecule has 2 N–H and O–H groups in total. The first-order valence-corrected chi connectivity index (χ1v) is 14.7. The lowest BCUT2D eigenvalue weighted by Gasteiger charge is -2.25. The van der Waals surface area contributed by atoms with Gasteiger partial charge < -0.3 is 19.7 Å². The Morgan fingerprint density at radius 1 is 1.10 bits per heavy atom. The minimum absolute atomic E-state index is 0.0332. The maximum atomic E-state index is 13.8. The van der Waals surface area contributed by atoms with Crippen molar-refractivity contribution in [2.45, 2.75) is 38.5 Å². The van der Waals surface area contributed by atoms with Crippen molar-refractivity contribution in [1.82, 2.24) is 19.9 Å². The van der Waals surface area contributed by atoms with Gasteiger partial charge in [-0.25, -0.2) is 9.97 Å². The molecule has 0 atom stereocenters. The number of amides is 1. The average molecular weight is 550 g/mol. The molecular formula is C33H35N5O3. The Bertz CT molecular complexity index is 1650. The van der Waals surface area contributed by atoms with Crippen molar-refractivity contribution in [2.24, 2.45) is 0 Å². The molecule has 1 aliphatic carbocycles. The van der Waals surface area contributed by atoms with Crippen LogP contribution in [0.15, 0.2) is 54.9 Å². The third-order valence-corrected chi connectivity index (χ3v) is 8.65. The summed E-state index contributed by atoms with van der Waals surface area (Å²) in [6, 6.07) is 14.3. The van der Waals surface area contributed by atoms with Crippen molar-refractivity contribution in [1.29, 1.82) is 0 Å². The average Bonchev–Trinajstić information content (AvgIpc) is 3.78. The second kappa shape index (κ2) is 10.8. The second-order valence-electron chi connectivity index (χ2n) is 11.3. The number of aliphatic hydroxyl groups is 1. The first-order chi connectivity index (χ1) is 20.1. The number of aromatic amines is 1. The van der Waals surface area contributed by atoms with Crippen molar-refractivity contribution in [3.05, 3.63) is 77.3 Å². The van der Waals surface area contributed by atoms with Gasteiger partial charge in [-0.15, -0.1) is 0 Å². The third kappa shape index (κ3) is 4.91. The molecule has 0 bridgehead atoms. The Morgan fingerprint density at radius 2 is 2.00 bits per heavy atom. The smallest absolute Gasteiger partial charge is 0.262 e. The molecule has 4 aromatic rings. The van der Waals surface area contributed by atoms with Crippen molar-refractivity contribution >= 4 is 28.2 Å². The van der Waals surface area contributed by atoms with Gasteiger partial charge in [0, 0.05) is 48.6 Å². The SMILES string of the molecule is Cc1c(-c2ncnc3[nH]c(C4=CCN(CCCO)CC4)cc23)cccc1N1CCOc2cc(C3CC3)ccc2C1=O. The van der Waals surface area contributed by atoms with Crippen LogP contribution < -0.4 is 9.64 Å². The van der Waals surface area contributed by atoms with E-state index in [-0.39, 0.29) is 12.5 Å². The number of aromatic nitrogens is 3. The second-order valence-corrected chi connectivity index (χ2v) is 11.3. The highest BCUT2D eigenvalue weighted by Gasteiger charge is 2.30. The van der Waals surface area contributed by atoms with Crippen molar-refractivity contribution in [2.75, 3.05) is 44.3 Å². The van der Waals surface area contributed by atoms with Crippen LogP contribution in [0.3, 0.4) is 0 Å². The van der Waals surface area contributed by atoms with E-state index in [9.17, 15) is 4.79 Å². The number of hydrogen-bond acceptors (Lipinski definition) is 6. The van der Waals surface area contributed by atoms with E-state index in [0.29, 0.717) is 30.4 Å². The van der Waals surface area contributed by atoms with E-state index in [0.717, 1.165) is 71.7 Å². The van der Waals surface area contributed by atoms with E-state index < -0.39 is 0 Å². The van der Waals surface area contributed by atoms with E-state index in [1.807, 2.05) is 23.1 Å². The normalized spacial score (nSPS) is 17.8. The number of carbonyl (C=O) groups excluding carboxylic acids is 1. The number of fused-ring (bicyclic) bond motifs is 2. The monoisotopic (exact) mass is 549 g/mol. The molecule has 4 heterocycles. The molecule has 7 rings (SSSR count). The Morgan fingerprint density at radius 3 is 2.80 bits per heavy atom. The summed E-state index contributed by atoms with van der Waals surface area (Å²) in [4.78, 5) is 30.8. The number of rotatable bonds is 7. The van der Waals surface area contributed by atoms with Gasteiger partial charge in [0.25, 0.3) is 5.91 Å². The number of aliphatic hydroxyl groups excluding tert-OH is 1. The molecule has 0 radical (unpaired) electrons. The van der Waals surface area contributed by atoms with Crippen molar-refractivity contribution in [3.8, 4) is 17.0 Å². The zero-order valence-corrected chi connectivity index (χ0v) is 23.4. The van der Waals surface area contributed by atoms with Gasteiger partial charge in [-0.3, -0.25) is 9.69 Å². The van der Waals surface area contributed by atoms with Crippen LogP contribution >= 0.6 is 0 Å². The van der Waals surface area contributed by atoms with Gasteiger partial charge in [-0.2, -0.15) is 0 Å². The maximum absolute atomic E-state index is 13.8. The van der Waals surface area contributed by atoms with Crippen molar-refractivity contribution in [3.63, 3.8) is 0 Å². The number of nitrogens with zero attached hydrogens (tertiary/aromatic N) is 4. The lowest BCUT2D eigenvalue weighted by molar-refractivity contribution is 0.0989. The summed E-state index contributed by atoms with van der Waals surface area (Å²) < 4.78 is 6.08. The molecule has 0 saturated heterocycles. The number of carbonyl (C=O) groups is 1. The molecule has 0 unspecified atom stereocenters. The Balaban J connectivity index is 1.20. The molecule has 1 fully saturated rings. The van der Waals surface area contributed by atoms with E-state index in [1.54, 1.807) is 6.33 Å². The zero-order valence-electron chi connectivity index (χ0n) is 23.4. The van der Waals surface area contributed by atoms with E-state index in [4.69, 9.17) is 14.8 Å². The van der Waals surface area contributed by atoms with Crippen molar-refractivity contribution < 1.29 is 14.6 Å². The van der Waals surface area contributed by atoms with Crippen LogP contribution in [-0.2, 0) is 0 Å². The summed E-state index contributed by atoms with van der Waals surface area (Å²) in [7, 11) is 0. The lowest BCUT2D eigenvalue weighted by Crippen LogP contribution is -2.33. The molecule has 0 spiro atoms. The third-order valence-electron chi connectivity index (χ3n) is 8.65. The minimum Gasteiger partial charge on any atom is -0.491 e. The molecule has 1 saturated carbocycles. The first-order valence-electron chi connectivity index (χ1n) is 14.7. The summed E-state index contributed by atoms with van der Waals surface area (Å²) in [6.45, 7) is 5.98. The molecule has 8 nitrogen and oxygen atoms in total. The summed E-state index contributed by atoms with van der Waals surface area (Å²) >= 11 is 0. The highest BCUT2D eigenvalue weighted by molar-refractivity contribution is 6.09. The van der Waals surface area contributed by atoms with Crippen LogP contribution in [0.5, 0.6) is 5.75 Å². The molecule has 41 heavy (non-hydrogen) atoms. The van der Waals surface area contributed by atoms with Crippen LogP contribution in [0, 0.1) is 6.92 Å². The van der Waals surface area contributed by atoms with Gasteiger partial charge in [0.15, 0.2) is 0 Å². The number of H-pyrrole nitrogens is 1. The van der Waals surface area contributed by atoms with Gasteiger partial charge in [0.2, 0.25) is 0 Å². The van der Waals surface area contributed by atoms with Crippen LogP contribution in [0.1, 0.15) is 58.8 Å². The molecule has 1 amide bonds. The molecule has 3 aliphatic rings. The van der Waals surface area contributed by atoms with Gasteiger partial charge in [0.05, 0.1) is 17.8 Å². The summed E-state index contributed by atoms with van der Waals surface area (Å²) in [5.74, 6) is 1.27.